The van der Waals surface area contributed by atoms with E-state index in [0.29, 0.717) is 13.1 Å². The van der Waals surface area contributed by atoms with E-state index < -0.39 is 0 Å². The van der Waals surface area contributed by atoms with Gasteiger partial charge >= 0.3 is 6.03 Å². The van der Waals surface area contributed by atoms with Crippen molar-refractivity contribution in [2.24, 2.45) is 0 Å². The monoisotopic (exact) mass is 329 g/mol. The highest BCUT2D eigenvalue weighted by atomic mass is 16.2. The van der Waals surface area contributed by atoms with Crippen molar-refractivity contribution >= 4 is 17.6 Å². The number of carbonyl (C=O) groups excluding carboxylic acids is 2. The second-order valence-corrected chi connectivity index (χ2v) is 5.35. The number of benzene rings is 1. The number of unbranched alkanes of at least 4 members (excludes halogenated alkanes) is 1. The van der Waals surface area contributed by atoms with Crippen LogP contribution in [0.4, 0.5) is 10.5 Å². The number of nitrogens with one attached hydrogen (secondary N) is 3. The van der Waals surface area contributed by atoms with Crippen molar-refractivity contribution in [3.63, 3.8) is 0 Å². The van der Waals surface area contributed by atoms with Crippen molar-refractivity contribution in [3.05, 3.63) is 49.1 Å². The predicted molar refractivity (Wildman–Crippen MR) is 92.6 cm³/mol. The van der Waals surface area contributed by atoms with Crippen LogP contribution < -0.4 is 16.0 Å². The molecule has 7 heteroatoms. The van der Waals surface area contributed by atoms with Crippen molar-refractivity contribution in [1.29, 1.82) is 0 Å². The Hall–Kier alpha value is -2.83. The molecule has 2 rings (SSSR count). The summed E-state index contributed by atoms with van der Waals surface area (Å²) in [5.74, 6) is -0.123. The van der Waals surface area contributed by atoms with E-state index >= 15 is 0 Å². The third kappa shape index (κ3) is 6.95. The lowest BCUT2D eigenvalue weighted by atomic mass is 10.3. The van der Waals surface area contributed by atoms with Crippen LogP contribution in [0.3, 0.4) is 0 Å². The number of hydrogen-bond acceptors (Lipinski definition) is 3. The van der Waals surface area contributed by atoms with E-state index in [-0.39, 0.29) is 18.4 Å². The second-order valence-electron chi connectivity index (χ2n) is 5.35. The molecule has 2 aromatic rings. The van der Waals surface area contributed by atoms with Crippen molar-refractivity contribution in [3.8, 4) is 0 Å². The lowest BCUT2D eigenvalue weighted by molar-refractivity contribution is -0.116. The minimum atomic E-state index is -0.245. The highest BCUT2D eigenvalue weighted by Crippen LogP contribution is 2.04. The van der Waals surface area contributed by atoms with Crippen LogP contribution in [-0.2, 0) is 11.3 Å². The smallest absolute Gasteiger partial charge is 0.314 e. The Morgan fingerprint density at radius 3 is 2.58 bits per heavy atom. The van der Waals surface area contributed by atoms with Gasteiger partial charge in [-0.3, -0.25) is 4.79 Å². The molecule has 3 N–H and O–H groups in total. The molecule has 0 atom stereocenters. The van der Waals surface area contributed by atoms with E-state index in [1.165, 1.54) is 0 Å². The number of hydrogen-bond donors (Lipinski definition) is 3. The highest BCUT2D eigenvalue weighted by Gasteiger charge is 2.04. The molecule has 0 unspecified atom stereocenters. The number of imidazole rings is 1. The number of anilines is 1. The van der Waals surface area contributed by atoms with Gasteiger partial charge in [-0.2, -0.15) is 0 Å². The van der Waals surface area contributed by atoms with Gasteiger partial charge in [0.25, 0.3) is 0 Å². The Kier molecular flexibility index (Phi) is 7.33. The highest BCUT2D eigenvalue weighted by molar-refractivity contribution is 5.91. The third-order valence-electron chi connectivity index (χ3n) is 3.38. The summed E-state index contributed by atoms with van der Waals surface area (Å²) in [4.78, 5) is 27.3. The topological polar surface area (TPSA) is 88.1 Å². The summed E-state index contributed by atoms with van der Waals surface area (Å²) >= 11 is 0. The number of nitrogens with zero attached hydrogens (tertiary/aromatic N) is 2. The molecule has 0 bridgehead atoms. The Bertz CT molecular complexity index is 613. The molecule has 128 valence electrons. The minimum Gasteiger partial charge on any atom is -0.338 e. The average Bonchev–Trinajstić information content (AvgIpc) is 3.09. The first-order valence-corrected chi connectivity index (χ1v) is 8.06. The Labute approximate surface area is 141 Å². The molecule has 0 saturated carbocycles. The number of aryl methyl sites for hydroxylation is 1. The summed E-state index contributed by atoms with van der Waals surface area (Å²) in [5, 5.41) is 8.23. The van der Waals surface area contributed by atoms with Gasteiger partial charge in [0, 0.05) is 44.1 Å². The van der Waals surface area contributed by atoms with Crippen LogP contribution in [0.2, 0.25) is 0 Å². The van der Waals surface area contributed by atoms with Gasteiger partial charge in [-0.1, -0.05) is 18.2 Å². The number of urea groups is 1. The van der Waals surface area contributed by atoms with Crippen molar-refractivity contribution in [2.75, 3.05) is 18.4 Å². The molecule has 1 aromatic carbocycles. The van der Waals surface area contributed by atoms with E-state index in [1.807, 2.05) is 41.1 Å². The molecule has 0 aliphatic heterocycles. The molecule has 1 aromatic heterocycles. The summed E-state index contributed by atoms with van der Waals surface area (Å²) < 4.78 is 2.01. The van der Waals surface area contributed by atoms with Crippen molar-refractivity contribution < 1.29 is 9.59 Å². The Balaban J connectivity index is 1.48. The van der Waals surface area contributed by atoms with Crippen molar-refractivity contribution in [1.82, 2.24) is 20.2 Å². The summed E-state index contributed by atoms with van der Waals surface area (Å²) in [7, 11) is 0. The van der Waals surface area contributed by atoms with E-state index in [4.69, 9.17) is 0 Å². The van der Waals surface area contributed by atoms with E-state index in [1.54, 1.807) is 12.5 Å². The van der Waals surface area contributed by atoms with Gasteiger partial charge in [0.1, 0.15) is 0 Å². The average molecular weight is 329 g/mol. The molecule has 0 radical (unpaired) electrons. The zero-order valence-corrected chi connectivity index (χ0v) is 13.6. The van der Waals surface area contributed by atoms with E-state index in [0.717, 1.165) is 25.1 Å². The first kappa shape index (κ1) is 17.5. The van der Waals surface area contributed by atoms with Crippen LogP contribution in [-0.4, -0.2) is 34.6 Å². The van der Waals surface area contributed by atoms with Gasteiger partial charge in [0.2, 0.25) is 5.91 Å². The van der Waals surface area contributed by atoms with Gasteiger partial charge in [0.15, 0.2) is 0 Å². The number of amides is 3. The second kappa shape index (κ2) is 10.0. The molecule has 0 aliphatic rings. The quantitative estimate of drug-likeness (QED) is 0.615. The van der Waals surface area contributed by atoms with Gasteiger partial charge < -0.3 is 20.5 Å². The number of para-hydroxylation sites is 1. The maximum atomic E-state index is 11.7. The molecule has 0 fully saturated rings. The Morgan fingerprint density at radius 2 is 1.83 bits per heavy atom. The fraction of sp³-hybridized carbons (Fsp3) is 0.353. The molecule has 3 amide bonds. The molecular formula is C17H23N5O2. The molecule has 24 heavy (non-hydrogen) atoms. The third-order valence-corrected chi connectivity index (χ3v) is 3.38. The van der Waals surface area contributed by atoms with Gasteiger partial charge in [-0.05, 0) is 25.0 Å². The van der Waals surface area contributed by atoms with Crippen LogP contribution in [0.5, 0.6) is 0 Å². The SMILES string of the molecule is O=C(CCNC(=O)NCCCCn1ccnc1)Nc1ccccc1. The number of rotatable bonds is 9. The lowest BCUT2D eigenvalue weighted by Crippen LogP contribution is -2.37. The number of carbonyl (C=O) groups is 2. The summed E-state index contributed by atoms with van der Waals surface area (Å²) in [6.45, 7) is 1.80. The van der Waals surface area contributed by atoms with Crippen LogP contribution in [0, 0.1) is 0 Å². The first-order chi connectivity index (χ1) is 11.7. The standard InChI is InChI=1S/C17H23N5O2/c23-16(21-15-6-2-1-3-7-15)8-10-20-17(24)19-9-4-5-12-22-13-11-18-14-22/h1-3,6-7,11,13-14H,4-5,8-10,12H2,(H,21,23)(H2,19,20,24). The summed E-state index contributed by atoms with van der Waals surface area (Å²) in [5.41, 5.74) is 0.754. The minimum absolute atomic E-state index is 0.123. The first-order valence-electron chi connectivity index (χ1n) is 8.06. The maximum absolute atomic E-state index is 11.7. The van der Waals surface area contributed by atoms with Gasteiger partial charge in [-0.15, -0.1) is 0 Å². The number of aromatic nitrogens is 2. The van der Waals surface area contributed by atoms with Crippen LogP contribution >= 0.6 is 0 Å². The Morgan fingerprint density at radius 1 is 1.04 bits per heavy atom. The molecule has 0 aliphatic carbocycles. The predicted octanol–water partition coefficient (Wildman–Crippen LogP) is 1.99. The molecule has 7 nitrogen and oxygen atoms in total. The molecule has 1 heterocycles. The van der Waals surface area contributed by atoms with Gasteiger partial charge in [-0.25, -0.2) is 9.78 Å². The van der Waals surface area contributed by atoms with Gasteiger partial charge in [0.05, 0.1) is 6.33 Å². The fourth-order valence-electron chi connectivity index (χ4n) is 2.14. The summed E-state index contributed by atoms with van der Waals surface area (Å²) in [6, 6.07) is 8.99. The molecule has 0 spiro atoms. The van der Waals surface area contributed by atoms with Crippen molar-refractivity contribution in [2.45, 2.75) is 25.8 Å². The van der Waals surface area contributed by atoms with E-state index in [9.17, 15) is 9.59 Å². The van der Waals surface area contributed by atoms with E-state index in [2.05, 4.69) is 20.9 Å². The molecular weight excluding hydrogens is 306 g/mol. The van der Waals surface area contributed by atoms with Crippen LogP contribution in [0.15, 0.2) is 49.1 Å². The van der Waals surface area contributed by atoms with Crippen LogP contribution in [0.1, 0.15) is 19.3 Å². The van der Waals surface area contributed by atoms with Crippen LogP contribution in [0.25, 0.3) is 0 Å². The normalized spacial score (nSPS) is 10.2. The lowest BCUT2D eigenvalue weighted by Gasteiger charge is -2.08. The largest absolute Gasteiger partial charge is 0.338 e. The zero-order chi connectivity index (χ0) is 17.0. The molecule has 0 saturated heterocycles. The maximum Gasteiger partial charge on any atom is 0.314 e. The fourth-order valence-corrected chi connectivity index (χ4v) is 2.14. The summed E-state index contributed by atoms with van der Waals surface area (Å²) in [6.07, 6.45) is 7.54. The zero-order valence-electron chi connectivity index (χ0n) is 13.6.